The standard InChI is InChI=1S/C14H23N3O4.3C2H6/c1-9-7-12(19)17(14(9)21)11(8-15)13(20)16-6-4-3-5-10(2)18;3*1-2/h9,11H,3-8,15H2,1-2H3,(H,16,20);3*1-2H3. The topological polar surface area (TPSA) is 110 Å². The Morgan fingerprint density at radius 3 is 2.00 bits per heavy atom. The second kappa shape index (κ2) is 19.0. The molecule has 0 bridgehead atoms. The molecule has 3 amide bonds. The normalized spacial score (nSPS) is 16.0. The minimum Gasteiger partial charge on any atom is -0.354 e. The molecule has 0 aromatic carbocycles. The molecule has 2 unspecified atom stereocenters. The molecule has 0 aromatic heterocycles. The van der Waals surface area contributed by atoms with Gasteiger partial charge in [0.1, 0.15) is 11.8 Å². The van der Waals surface area contributed by atoms with Crippen LogP contribution in [-0.4, -0.2) is 47.5 Å². The molecule has 7 heteroatoms. The van der Waals surface area contributed by atoms with Crippen molar-refractivity contribution in [3.05, 3.63) is 0 Å². The van der Waals surface area contributed by atoms with Gasteiger partial charge in [-0.15, -0.1) is 0 Å². The first-order valence-corrected chi connectivity index (χ1v) is 10.2. The van der Waals surface area contributed by atoms with Crippen molar-refractivity contribution in [3.8, 4) is 0 Å². The van der Waals surface area contributed by atoms with E-state index >= 15 is 0 Å². The highest BCUT2D eigenvalue weighted by Gasteiger charge is 2.42. The van der Waals surface area contributed by atoms with Crippen molar-refractivity contribution in [2.24, 2.45) is 11.7 Å². The summed E-state index contributed by atoms with van der Waals surface area (Å²) in [6, 6.07) is -0.942. The molecule has 0 aromatic rings. The van der Waals surface area contributed by atoms with Crippen LogP contribution in [0.15, 0.2) is 0 Å². The summed E-state index contributed by atoms with van der Waals surface area (Å²) in [4.78, 5) is 47.5. The summed E-state index contributed by atoms with van der Waals surface area (Å²) >= 11 is 0. The number of likely N-dealkylation sites (tertiary alicyclic amines) is 1. The first-order chi connectivity index (χ1) is 12.9. The number of unbranched alkanes of at least 4 members (excludes halogenated alkanes) is 1. The van der Waals surface area contributed by atoms with Crippen molar-refractivity contribution in [1.29, 1.82) is 0 Å². The van der Waals surface area contributed by atoms with Gasteiger partial charge >= 0.3 is 0 Å². The molecule has 7 nitrogen and oxygen atoms in total. The second-order valence-electron chi connectivity index (χ2n) is 5.41. The molecular formula is C20H41N3O4. The second-order valence-corrected chi connectivity index (χ2v) is 5.41. The number of imide groups is 1. The summed E-state index contributed by atoms with van der Waals surface area (Å²) < 4.78 is 0. The maximum atomic E-state index is 12.1. The third-order valence-electron chi connectivity index (χ3n) is 3.50. The van der Waals surface area contributed by atoms with Crippen molar-refractivity contribution in [2.75, 3.05) is 13.1 Å². The van der Waals surface area contributed by atoms with Crippen LogP contribution in [-0.2, 0) is 19.2 Å². The van der Waals surface area contributed by atoms with Gasteiger partial charge in [-0.25, -0.2) is 0 Å². The number of hydrogen-bond donors (Lipinski definition) is 2. The number of nitrogens with two attached hydrogens (primary N) is 1. The number of amides is 3. The Morgan fingerprint density at radius 2 is 1.63 bits per heavy atom. The molecule has 3 N–H and O–H groups in total. The highest BCUT2D eigenvalue weighted by Crippen LogP contribution is 2.21. The fourth-order valence-corrected chi connectivity index (χ4v) is 2.29. The Balaban J connectivity index is -0.000000869. The lowest BCUT2D eigenvalue weighted by atomic mass is 10.1. The van der Waals surface area contributed by atoms with E-state index in [1.165, 1.54) is 6.92 Å². The molecule has 0 radical (unpaired) electrons. The van der Waals surface area contributed by atoms with Crippen LogP contribution < -0.4 is 11.1 Å². The summed E-state index contributed by atoms with van der Waals surface area (Å²) in [5, 5.41) is 2.66. The van der Waals surface area contributed by atoms with Crippen molar-refractivity contribution >= 4 is 23.5 Å². The van der Waals surface area contributed by atoms with E-state index in [0.717, 1.165) is 4.90 Å². The molecule has 2 atom stereocenters. The van der Waals surface area contributed by atoms with Gasteiger partial charge in [-0.1, -0.05) is 48.5 Å². The summed E-state index contributed by atoms with van der Waals surface area (Å²) in [5.41, 5.74) is 5.54. The van der Waals surface area contributed by atoms with Crippen LogP contribution in [0.5, 0.6) is 0 Å². The molecule has 0 spiro atoms. The van der Waals surface area contributed by atoms with Gasteiger partial charge in [0, 0.05) is 31.8 Å². The zero-order valence-corrected chi connectivity index (χ0v) is 18.6. The maximum Gasteiger partial charge on any atom is 0.244 e. The largest absolute Gasteiger partial charge is 0.354 e. The zero-order chi connectivity index (χ0) is 22.0. The lowest BCUT2D eigenvalue weighted by molar-refractivity contribution is -0.147. The number of ketones is 1. The molecule has 0 saturated carbocycles. The van der Waals surface area contributed by atoms with Crippen molar-refractivity contribution in [2.45, 2.75) is 87.1 Å². The van der Waals surface area contributed by atoms with Gasteiger partial charge in [0.05, 0.1) is 0 Å². The van der Waals surface area contributed by atoms with E-state index in [2.05, 4.69) is 5.32 Å². The van der Waals surface area contributed by atoms with E-state index in [1.807, 2.05) is 41.5 Å². The van der Waals surface area contributed by atoms with Crippen LogP contribution in [0.2, 0.25) is 0 Å². The average molecular weight is 388 g/mol. The third-order valence-corrected chi connectivity index (χ3v) is 3.50. The van der Waals surface area contributed by atoms with Crippen LogP contribution >= 0.6 is 0 Å². The fourth-order valence-electron chi connectivity index (χ4n) is 2.29. The van der Waals surface area contributed by atoms with Gasteiger partial charge in [0.25, 0.3) is 0 Å². The third kappa shape index (κ3) is 11.5. The van der Waals surface area contributed by atoms with Crippen molar-refractivity contribution in [3.63, 3.8) is 0 Å². The molecular weight excluding hydrogens is 346 g/mol. The summed E-state index contributed by atoms with van der Waals surface area (Å²) in [6.07, 6.45) is 1.97. The van der Waals surface area contributed by atoms with Gasteiger partial charge in [-0.3, -0.25) is 19.3 Å². The van der Waals surface area contributed by atoms with Gasteiger partial charge in [0.15, 0.2) is 0 Å². The lowest BCUT2D eigenvalue weighted by Gasteiger charge is -2.24. The van der Waals surface area contributed by atoms with Gasteiger partial charge in [-0.2, -0.15) is 0 Å². The summed E-state index contributed by atoms with van der Waals surface area (Å²) in [7, 11) is 0. The number of carbonyl (C=O) groups excluding carboxylic acids is 4. The Hall–Kier alpha value is -1.76. The molecule has 1 aliphatic heterocycles. The lowest BCUT2D eigenvalue weighted by Crippen LogP contribution is -2.53. The average Bonchev–Trinajstić information content (AvgIpc) is 2.93. The maximum absolute atomic E-state index is 12.1. The molecule has 1 fully saturated rings. The Kier molecular flexibility index (Phi) is 21.1. The predicted octanol–water partition coefficient (Wildman–Crippen LogP) is 2.66. The first kappa shape index (κ1) is 30.0. The van der Waals surface area contributed by atoms with Crippen LogP contribution in [0.1, 0.15) is 81.1 Å². The van der Waals surface area contributed by atoms with Crippen LogP contribution in [0.3, 0.4) is 0 Å². The molecule has 27 heavy (non-hydrogen) atoms. The SMILES string of the molecule is CC.CC.CC.CC(=O)CCCCNC(=O)C(CN)N1C(=O)CC(C)C1=O. The summed E-state index contributed by atoms with van der Waals surface area (Å²) in [5.74, 6) is -1.40. The predicted molar refractivity (Wildman–Crippen MR) is 110 cm³/mol. The van der Waals surface area contributed by atoms with E-state index in [-0.39, 0.29) is 30.6 Å². The van der Waals surface area contributed by atoms with E-state index in [4.69, 9.17) is 5.73 Å². The summed E-state index contributed by atoms with van der Waals surface area (Å²) in [6.45, 7) is 15.5. The van der Waals surface area contributed by atoms with E-state index in [0.29, 0.717) is 25.8 Å². The van der Waals surface area contributed by atoms with E-state index in [1.54, 1.807) is 6.92 Å². The number of nitrogens with zero attached hydrogens (tertiary/aromatic N) is 1. The number of carbonyl (C=O) groups is 4. The number of Topliss-reactive ketones (excluding diaryl/α,β-unsaturated/α-hetero) is 1. The van der Waals surface area contributed by atoms with Crippen LogP contribution in [0, 0.1) is 5.92 Å². The Morgan fingerprint density at radius 1 is 1.11 bits per heavy atom. The highest BCUT2D eigenvalue weighted by molar-refractivity contribution is 6.06. The van der Waals surface area contributed by atoms with E-state index < -0.39 is 17.9 Å². The van der Waals surface area contributed by atoms with Gasteiger partial charge < -0.3 is 15.8 Å². The fraction of sp³-hybridized carbons (Fsp3) is 0.800. The minimum atomic E-state index is -0.942. The molecule has 1 aliphatic rings. The van der Waals surface area contributed by atoms with Gasteiger partial charge in [-0.05, 0) is 19.8 Å². The van der Waals surface area contributed by atoms with Crippen LogP contribution in [0.4, 0.5) is 0 Å². The van der Waals surface area contributed by atoms with E-state index in [9.17, 15) is 19.2 Å². The number of rotatable bonds is 8. The Labute approximate surface area is 165 Å². The van der Waals surface area contributed by atoms with Crippen LogP contribution in [0.25, 0.3) is 0 Å². The minimum absolute atomic E-state index is 0.0938. The first-order valence-electron chi connectivity index (χ1n) is 10.2. The quantitative estimate of drug-likeness (QED) is 0.491. The van der Waals surface area contributed by atoms with Crippen molar-refractivity contribution in [1.82, 2.24) is 10.2 Å². The smallest absolute Gasteiger partial charge is 0.244 e. The zero-order valence-electron chi connectivity index (χ0n) is 18.6. The molecule has 0 aliphatic carbocycles. The number of hydrogen-bond acceptors (Lipinski definition) is 5. The van der Waals surface area contributed by atoms with Crippen molar-refractivity contribution < 1.29 is 19.2 Å². The number of nitrogens with one attached hydrogen (secondary N) is 1. The molecule has 160 valence electrons. The molecule has 1 rings (SSSR count). The molecule has 1 saturated heterocycles. The highest BCUT2D eigenvalue weighted by atomic mass is 16.2. The molecule has 1 heterocycles. The monoisotopic (exact) mass is 387 g/mol. The Bertz CT molecular complexity index is 439. The van der Waals surface area contributed by atoms with Gasteiger partial charge in [0.2, 0.25) is 17.7 Å².